The third-order valence-electron chi connectivity index (χ3n) is 2.35. The number of ketones is 1. The third kappa shape index (κ3) is 1.72. The lowest BCUT2D eigenvalue weighted by Crippen LogP contribution is -2.09. The largest absolute Gasteiger partial charge is 0.326 e. The summed E-state index contributed by atoms with van der Waals surface area (Å²) in [5, 5.41) is 0. The fourth-order valence-electron chi connectivity index (χ4n) is 1.50. The topological polar surface area (TPSA) is 60.2 Å². The number of carbonyl (C=O) groups excluding carboxylic acids is 2. The summed E-state index contributed by atoms with van der Waals surface area (Å²) in [6.45, 7) is 3.58. The number of carbonyl (C=O) groups is 2. The summed E-state index contributed by atoms with van der Waals surface area (Å²) >= 11 is 0. The summed E-state index contributed by atoms with van der Waals surface area (Å²) in [6.07, 6.45) is 0.776. The summed E-state index contributed by atoms with van der Waals surface area (Å²) in [5.74, 6) is -0.0222. The van der Waals surface area contributed by atoms with E-state index in [1.807, 2.05) is 0 Å². The van der Waals surface area contributed by atoms with Gasteiger partial charge in [-0.15, -0.1) is 0 Å². The maximum atomic E-state index is 11.2. The van der Waals surface area contributed by atoms with Crippen LogP contribution >= 0.6 is 0 Å². The Morgan fingerprint density at radius 2 is 2.14 bits per heavy atom. The van der Waals surface area contributed by atoms with Gasteiger partial charge in [-0.05, 0) is 25.0 Å². The van der Waals surface area contributed by atoms with Gasteiger partial charge in [0.15, 0.2) is 5.78 Å². The van der Waals surface area contributed by atoms with E-state index < -0.39 is 0 Å². The van der Waals surface area contributed by atoms with Crippen molar-refractivity contribution in [1.29, 1.82) is 0 Å². The number of benzene rings is 1. The van der Waals surface area contributed by atoms with E-state index in [0.29, 0.717) is 11.1 Å². The molecule has 0 unspecified atom stereocenters. The van der Waals surface area contributed by atoms with Crippen LogP contribution < -0.4 is 5.73 Å². The average Bonchev–Trinajstić information content (AvgIpc) is 2.17. The van der Waals surface area contributed by atoms with Gasteiger partial charge in [0, 0.05) is 17.7 Å². The normalized spacial score (nSPS) is 9.93. The highest BCUT2D eigenvalue weighted by molar-refractivity contribution is 5.97. The van der Waals surface area contributed by atoms with Crippen LogP contribution in [-0.4, -0.2) is 12.1 Å². The van der Waals surface area contributed by atoms with Gasteiger partial charge in [0.05, 0.1) is 0 Å². The third-order valence-corrected chi connectivity index (χ3v) is 2.35. The van der Waals surface area contributed by atoms with Crippen molar-refractivity contribution in [2.75, 3.05) is 0 Å². The number of nitrogens with two attached hydrogens (primary N) is 1. The van der Waals surface area contributed by atoms with E-state index in [9.17, 15) is 9.59 Å². The molecule has 0 fully saturated rings. The quantitative estimate of drug-likeness (QED) is 0.581. The number of aldehydes is 1. The van der Waals surface area contributed by atoms with E-state index >= 15 is 0 Å². The van der Waals surface area contributed by atoms with Gasteiger partial charge in [-0.3, -0.25) is 9.59 Å². The molecule has 0 amide bonds. The monoisotopic (exact) mass is 191 g/mol. The lowest BCUT2D eigenvalue weighted by molar-refractivity contribution is 0.101. The molecule has 0 aliphatic rings. The summed E-state index contributed by atoms with van der Waals surface area (Å²) < 4.78 is 0. The minimum Gasteiger partial charge on any atom is -0.326 e. The number of rotatable bonds is 3. The molecule has 0 atom stereocenters. The number of hydrogen-bond acceptors (Lipinski definition) is 3. The molecule has 0 aliphatic carbocycles. The molecule has 0 bridgehead atoms. The van der Waals surface area contributed by atoms with Crippen LogP contribution in [0.5, 0.6) is 0 Å². The van der Waals surface area contributed by atoms with E-state index in [-0.39, 0.29) is 12.3 Å². The molecule has 74 valence electrons. The van der Waals surface area contributed by atoms with Crippen molar-refractivity contribution in [3.8, 4) is 0 Å². The SMILES string of the molecule is CC(=O)c1ccc(C=O)c(C)c1CN. The fourth-order valence-corrected chi connectivity index (χ4v) is 1.50. The van der Waals surface area contributed by atoms with Gasteiger partial charge >= 0.3 is 0 Å². The Balaban J connectivity index is 3.43. The Bertz CT molecular complexity index is 383. The Kier molecular flexibility index (Phi) is 3.14. The van der Waals surface area contributed by atoms with Crippen molar-refractivity contribution >= 4 is 12.1 Å². The van der Waals surface area contributed by atoms with Gasteiger partial charge in [0.1, 0.15) is 6.29 Å². The Morgan fingerprint density at radius 3 is 2.57 bits per heavy atom. The van der Waals surface area contributed by atoms with Crippen LogP contribution in [0.15, 0.2) is 12.1 Å². The molecule has 1 aromatic rings. The van der Waals surface area contributed by atoms with Crippen LogP contribution in [0.1, 0.15) is 38.8 Å². The second-order valence-electron chi connectivity index (χ2n) is 3.18. The Morgan fingerprint density at radius 1 is 1.50 bits per heavy atom. The number of hydrogen-bond donors (Lipinski definition) is 1. The molecule has 1 aromatic carbocycles. The van der Waals surface area contributed by atoms with Crippen LogP contribution in [0, 0.1) is 6.92 Å². The predicted molar refractivity (Wildman–Crippen MR) is 54.5 cm³/mol. The molecule has 0 saturated carbocycles. The number of Topliss-reactive ketones (excluding diaryl/α,β-unsaturated/α-hetero) is 1. The second-order valence-corrected chi connectivity index (χ2v) is 3.18. The first-order valence-electron chi connectivity index (χ1n) is 4.40. The van der Waals surface area contributed by atoms with Crippen molar-refractivity contribution < 1.29 is 9.59 Å². The molecular formula is C11H13NO2. The van der Waals surface area contributed by atoms with E-state index in [4.69, 9.17) is 5.73 Å². The maximum absolute atomic E-state index is 11.2. The van der Waals surface area contributed by atoms with Gasteiger partial charge in [0.2, 0.25) is 0 Å². The van der Waals surface area contributed by atoms with Crippen LogP contribution in [0.4, 0.5) is 0 Å². The zero-order valence-corrected chi connectivity index (χ0v) is 8.33. The molecular weight excluding hydrogens is 178 g/mol. The van der Waals surface area contributed by atoms with Crippen molar-refractivity contribution in [3.63, 3.8) is 0 Å². The summed E-state index contributed by atoms with van der Waals surface area (Å²) in [7, 11) is 0. The van der Waals surface area contributed by atoms with Crippen LogP contribution in [-0.2, 0) is 6.54 Å². The van der Waals surface area contributed by atoms with Crippen molar-refractivity contribution in [2.24, 2.45) is 5.73 Å². The summed E-state index contributed by atoms with van der Waals surface area (Å²) in [4.78, 5) is 21.9. The van der Waals surface area contributed by atoms with E-state index in [1.165, 1.54) is 6.92 Å². The smallest absolute Gasteiger partial charge is 0.160 e. The van der Waals surface area contributed by atoms with Crippen molar-refractivity contribution in [3.05, 3.63) is 34.4 Å². The Hall–Kier alpha value is -1.48. The molecule has 3 nitrogen and oxygen atoms in total. The van der Waals surface area contributed by atoms with E-state index in [2.05, 4.69) is 0 Å². The lowest BCUT2D eigenvalue weighted by Gasteiger charge is -2.09. The van der Waals surface area contributed by atoms with Gasteiger partial charge in [-0.25, -0.2) is 0 Å². The molecule has 0 spiro atoms. The van der Waals surface area contributed by atoms with Gasteiger partial charge in [-0.1, -0.05) is 12.1 Å². The zero-order valence-electron chi connectivity index (χ0n) is 8.33. The van der Waals surface area contributed by atoms with Crippen molar-refractivity contribution in [1.82, 2.24) is 0 Å². The lowest BCUT2D eigenvalue weighted by atomic mass is 9.95. The minimum absolute atomic E-state index is 0.0222. The highest BCUT2D eigenvalue weighted by Gasteiger charge is 2.10. The molecule has 2 N–H and O–H groups in total. The fraction of sp³-hybridized carbons (Fsp3) is 0.273. The molecule has 0 aromatic heterocycles. The highest BCUT2D eigenvalue weighted by Crippen LogP contribution is 2.17. The Labute approximate surface area is 82.9 Å². The first-order valence-corrected chi connectivity index (χ1v) is 4.40. The maximum Gasteiger partial charge on any atom is 0.160 e. The van der Waals surface area contributed by atoms with E-state index in [0.717, 1.165) is 17.4 Å². The first kappa shape index (κ1) is 10.6. The summed E-state index contributed by atoms with van der Waals surface area (Å²) in [6, 6.07) is 3.31. The minimum atomic E-state index is -0.0222. The standard InChI is InChI=1S/C11H13NO2/c1-7-9(6-13)3-4-10(8(2)14)11(7)5-12/h3-4,6H,5,12H2,1-2H3. The van der Waals surface area contributed by atoms with E-state index in [1.54, 1.807) is 19.1 Å². The molecule has 1 rings (SSSR count). The molecule has 3 heteroatoms. The second kappa shape index (κ2) is 4.15. The molecule has 0 saturated heterocycles. The molecule has 0 aliphatic heterocycles. The summed E-state index contributed by atoms with van der Waals surface area (Å²) in [5.41, 5.74) is 8.31. The highest BCUT2D eigenvalue weighted by atomic mass is 16.1. The molecule has 0 heterocycles. The zero-order chi connectivity index (χ0) is 10.7. The van der Waals surface area contributed by atoms with Crippen molar-refractivity contribution in [2.45, 2.75) is 20.4 Å². The van der Waals surface area contributed by atoms with Crippen LogP contribution in [0.25, 0.3) is 0 Å². The van der Waals surface area contributed by atoms with Gasteiger partial charge in [0.25, 0.3) is 0 Å². The molecule has 0 radical (unpaired) electrons. The predicted octanol–water partition coefficient (Wildman–Crippen LogP) is 1.47. The average molecular weight is 191 g/mol. The molecule has 14 heavy (non-hydrogen) atoms. The van der Waals surface area contributed by atoms with Crippen LogP contribution in [0.2, 0.25) is 0 Å². The van der Waals surface area contributed by atoms with Gasteiger partial charge in [-0.2, -0.15) is 0 Å². The first-order chi connectivity index (χ1) is 6.61. The van der Waals surface area contributed by atoms with Crippen LogP contribution in [0.3, 0.4) is 0 Å². The van der Waals surface area contributed by atoms with Gasteiger partial charge < -0.3 is 5.73 Å².